The highest BCUT2D eigenvalue weighted by atomic mass is 16.2. The molecule has 1 fully saturated rings. The van der Waals surface area contributed by atoms with Crippen LogP contribution < -0.4 is 10.6 Å². The SMILES string of the molecule is Cc1cncnc1C(=O)N[C@H]1CCNC1. The first-order valence-electron chi connectivity index (χ1n) is 5.05. The summed E-state index contributed by atoms with van der Waals surface area (Å²) in [6.45, 7) is 3.64. The summed E-state index contributed by atoms with van der Waals surface area (Å²) in [4.78, 5) is 19.6. The zero-order chi connectivity index (χ0) is 10.7. The minimum Gasteiger partial charge on any atom is -0.347 e. The van der Waals surface area contributed by atoms with Crippen molar-refractivity contribution in [3.63, 3.8) is 0 Å². The maximum Gasteiger partial charge on any atom is 0.270 e. The monoisotopic (exact) mass is 206 g/mol. The number of nitrogens with one attached hydrogen (secondary N) is 2. The normalized spacial score (nSPS) is 20.2. The average molecular weight is 206 g/mol. The van der Waals surface area contributed by atoms with Crippen molar-refractivity contribution in [2.24, 2.45) is 0 Å². The van der Waals surface area contributed by atoms with Crippen LogP contribution in [0.25, 0.3) is 0 Å². The summed E-state index contributed by atoms with van der Waals surface area (Å²) in [7, 11) is 0. The fourth-order valence-electron chi connectivity index (χ4n) is 1.67. The van der Waals surface area contributed by atoms with E-state index >= 15 is 0 Å². The summed E-state index contributed by atoms with van der Waals surface area (Å²) >= 11 is 0. The van der Waals surface area contributed by atoms with Gasteiger partial charge in [0.2, 0.25) is 0 Å². The van der Waals surface area contributed by atoms with Gasteiger partial charge in [-0.25, -0.2) is 9.97 Å². The molecule has 1 aromatic heterocycles. The van der Waals surface area contributed by atoms with E-state index in [0.717, 1.165) is 25.1 Å². The molecular weight excluding hydrogens is 192 g/mol. The smallest absolute Gasteiger partial charge is 0.270 e. The molecule has 1 atom stereocenters. The summed E-state index contributed by atoms with van der Waals surface area (Å²) in [5, 5.41) is 6.14. The lowest BCUT2D eigenvalue weighted by molar-refractivity contribution is 0.0934. The van der Waals surface area contributed by atoms with Gasteiger partial charge in [-0.3, -0.25) is 4.79 Å². The second kappa shape index (κ2) is 4.35. The van der Waals surface area contributed by atoms with Gasteiger partial charge in [-0.1, -0.05) is 0 Å². The predicted molar refractivity (Wildman–Crippen MR) is 55.5 cm³/mol. The number of aryl methyl sites for hydroxylation is 1. The summed E-state index contributed by atoms with van der Waals surface area (Å²) < 4.78 is 0. The molecule has 0 unspecified atom stereocenters. The fourth-order valence-corrected chi connectivity index (χ4v) is 1.67. The largest absolute Gasteiger partial charge is 0.347 e. The molecule has 2 rings (SSSR count). The van der Waals surface area contributed by atoms with E-state index in [9.17, 15) is 4.79 Å². The van der Waals surface area contributed by atoms with Crippen LogP contribution in [-0.2, 0) is 0 Å². The average Bonchev–Trinajstić information content (AvgIpc) is 2.71. The van der Waals surface area contributed by atoms with Crippen LogP contribution in [0.4, 0.5) is 0 Å². The van der Waals surface area contributed by atoms with Gasteiger partial charge in [0.1, 0.15) is 12.0 Å². The number of hydrogen-bond donors (Lipinski definition) is 2. The van der Waals surface area contributed by atoms with Gasteiger partial charge in [0.15, 0.2) is 0 Å². The lowest BCUT2D eigenvalue weighted by Gasteiger charge is -2.11. The van der Waals surface area contributed by atoms with Gasteiger partial charge in [-0.15, -0.1) is 0 Å². The number of carbonyl (C=O) groups is 1. The van der Waals surface area contributed by atoms with E-state index in [-0.39, 0.29) is 11.9 Å². The highest BCUT2D eigenvalue weighted by Crippen LogP contribution is 2.03. The van der Waals surface area contributed by atoms with Gasteiger partial charge < -0.3 is 10.6 Å². The Bertz CT molecular complexity index is 360. The van der Waals surface area contributed by atoms with E-state index < -0.39 is 0 Å². The number of amides is 1. The lowest BCUT2D eigenvalue weighted by Crippen LogP contribution is -2.37. The Balaban J connectivity index is 2.04. The predicted octanol–water partition coefficient (Wildman–Crippen LogP) is -0.123. The molecular formula is C10H14N4O. The van der Waals surface area contributed by atoms with Crippen molar-refractivity contribution in [2.45, 2.75) is 19.4 Å². The van der Waals surface area contributed by atoms with Crippen LogP contribution in [-0.4, -0.2) is 35.0 Å². The molecule has 5 nitrogen and oxygen atoms in total. The van der Waals surface area contributed by atoms with Gasteiger partial charge in [0, 0.05) is 18.8 Å². The third kappa shape index (κ3) is 2.30. The maximum atomic E-state index is 11.8. The van der Waals surface area contributed by atoms with Gasteiger partial charge >= 0.3 is 0 Å². The van der Waals surface area contributed by atoms with Crippen molar-refractivity contribution < 1.29 is 4.79 Å². The van der Waals surface area contributed by atoms with E-state index in [1.807, 2.05) is 6.92 Å². The second-order valence-corrected chi connectivity index (χ2v) is 3.72. The molecule has 1 aliphatic heterocycles. The van der Waals surface area contributed by atoms with Crippen LogP contribution in [0.5, 0.6) is 0 Å². The number of nitrogens with zero attached hydrogens (tertiary/aromatic N) is 2. The number of rotatable bonds is 2. The summed E-state index contributed by atoms with van der Waals surface area (Å²) in [6, 6.07) is 0.229. The number of aromatic nitrogens is 2. The van der Waals surface area contributed by atoms with Crippen molar-refractivity contribution in [3.05, 3.63) is 23.8 Å². The minimum absolute atomic E-state index is 0.108. The van der Waals surface area contributed by atoms with Crippen molar-refractivity contribution >= 4 is 5.91 Å². The van der Waals surface area contributed by atoms with Crippen molar-refractivity contribution in [2.75, 3.05) is 13.1 Å². The molecule has 0 saturated carbocycles. The molecule has 0 aliphatic carbocycles. The Morgan fingerprint density at radius 2 is 2.53 bits per heavy atom. The van der Waals surface area contributed by atoms with Crippen LogP contribution >= 0.6 is 0 Å². The molecule has 0 spiro atoms. The summed E-state index contributed by atoms with van der Waals surface area (Å²) in [6.07, 6.45) is 4.03. The quantitative estimate of drug-likeness (QED) is 0.707. The van der Waals surface area contributed by atoms with E-state index in [0.29, 0.717) is 5.69 Å². The van der Waals surface area contributed by atoms with Crippen molar-refractivity contribution in [1.29, 1.82) is 0 Å². The van der Waals surface area contributed by atoms with E-state index in [4.69, 9.17) is 0 Å². The molecule has 1 amide bonds. The van der Waals surface area contributed by atoms with Crippen molar-refractivity contribution in [3.8, 4) is 0 Å². The van der Waals surface area contributed by atoms with Gasteiger partial charge in [-0.2, -0.15) is 0 Å². The molecule has 2 N–H and O–H groups in total. The van der Waals surface area contributed by atoms with Gasteiger partial charge in [0.05, 0.1) is 0 Å². The van der Waals surface area contributed by atoms with Crippen LogP contribution in [0, 0.1) is 6.92 Å². The van der Waals surface area contributed by atoms with E-state index in [1.54, 1.807) is 6.20 Å². The zero-order valence-corrected chi connectivity index (χ0v) is 8.66. The number of carbonyl (C=O) groups excluding carboxylic acids is 1. The van der Waals surface area contributed by atoms with Crippen LogP contribution in [0.1, 0.15) is 22.5 Å². The molecule has 1 aromatic rings. The molecule has 0 bridgehead atoms. The van der Waals surface area contributed by atoms with E-state index in [2.05, 4.69) is 20.6 Å². The maximum absolute atomic E-state index is 11.8. The van der Waals surface area contributed by atoms with Crippen LogP contribution in [0.3, 0.4) is 0 Å². The summed E-state index contributed by atoms with van der Waals surface area (Å²) in [5.74, 6) is -0.108. The zero-order valence-electron chi connectivity index (χ0n) is 8.66. The standard InChI is InChI=1S/C10H14N4O/c1-7-4-12-6-13-9(7)10(15)14-8-2-3-11-5-8/h4,6,8,11H,2-3,5H2,1H3,(H,14,15)/t8-/m0/s1. The molecule has 0 aromatic carbocycles. The Labute approximate surface area is 88.3 Å². The molecule has 1 saturated heterocycles. The van der Waals surface area contributed by atoms with Gasteiger partial charge in [0.25, 0.3) is 5.91 Å². The Morgan fingerprint density at radius 1 is 1.67 bits per heavy atom. The molecule has 0 radical (unpaired) electrons. The Kier molecular flexibility index (Phi) is 2.91. The van der Waals surface area contributed by atoms with Crippen LogP contribution in [0.2, 0.25) is 0 Å². The molecule has 5 heteroatoms. The molecule has 80 valence electrons. The first-order chi connectivity index (χ1) is 7.27. The van der Waals surface area contributed by atoms with E-state index in [1.165, 1.54) is 6.33 Å². The van der Waals surface area contributed by atoms with Gasteiger partial charge in [-0.05, 0) is 25.5 Å². The highest BCUT2D eigenvalue weighted by Gasteiger charge is 2.19. The number of hydrogen-bond acceptors (Lipinski definition) is 4. The first-order valence-corrected chi connectivity index (χ1v) is 5.05. The summed E-state index contributed by atoms with van der Waals surface area (Å²) in [5.41, 5.74) is 1.28. The molecule has 2 heterocycles. The lowest BCUT2D eigenvalue weighted by atomic mass is 10.2. The molecule has 15 heavy (non-hydrogen) atoms. The van der Waals surface area contributed by atoms with Crippen LogP contribution in [0.15, 0.2) is 12.5 Å². The van der Waals surface area contributed by atoms with Crippen molar-refractivity contribution in [1.82, 2.24) is 20.6 Å². The Morgan fingerprint density at radius 3 is 3.20 bits per heavy atom. The topological polar surface area (TPSA) is 66.9 Å². The minimum atomic E-state index is -0.108. The second-order valence-electron chi connectivity index (χ2n) is 3.72. The third-order valence-corrected chi connectivity index (χ3v) is 2.51. The fraction of sp³-hybridized carbons (Fsp3) is 0.500. The first kappa shape index (κ1) is 10.0. The molecule has 1 aliphatic rings. The highest BCUT2D eigenvalue weighted by molar-refractivity contribution is 5.93. The third-order valence-electron chi connectivity index (χ3n) is 2.51. The Hall–Kier alpha value is -1.49.